The summed E-state index contributed by atoms with van der Waals surface area (Å²) in [5.74, 6) is 0.419. The van der Waals surface area contributed by atoms with E-state index in [2.05, 4.69) is 43.8 Å². The van der Waals surface area contributed by atoms with Crippen LogP contribution >= 0.6 is 38.8 Å². The fourth-order valence-electron chi connectivity index (χ4n) is 3.24. The summed E-state index contributed by atoms with van der Waals surface area (Å²) in [6, 6.07) is 10.7. The summed E-state index contributed by atoms with van der Waals surface area (Å²) in [5, 5.41) is 0. The zero-order chi connectivity index (χ0) is 19.2. The first-order valence-corrected chi connectivity index (χ1v) is 11.7. The predicted molar refractivity (Wildman–Crippen MR) is 116 cm³/mol. The Bertz CT molecular complexity index is 1120. The maximum absolute atomic E-state index is 13.3. The molecule has 0 unspecified atom stereocenters. The largest absolute Gasteiger partial charge is 0.488 e. The van der Waals surface area contributed by atoms with E-state index in [-0.39, 0.29) is 17.5 Å². The lowest BCUT2D eigenvalue weighted by Gasteiger charge is -2.22. The molecular formula is C18H17BrIN3O3S. The van der Waals surface area contributed by atoms with Gasteiger partial charge in [-0.15, -0.1) is 0 Å². The molecule has 0 amide bonds. The van der Waals surface area contributed by atoms with Gasteiger partial charge in [-0.25, -0.2) is 13.4 Å². The number of para-hydroxylation sites is 1. The summed E-state index contributed by atoms with van der Waals surface area (Å²) in [5.41, 5.74) is 2.60. The van der Waals surface area contributed by atoms with E-state index < -0.39 is 10.0 Å². The van der Waals surface area contributed by atoms with E-state index in [9.17, 15) is 8.42 Å². The molecule has 2 heterocycles. The molecule has 27 heavy (non-hydrogen) atoms. The van der Waals surface area contributed by atoms with Gasteiger partial charge in [0.15, 0.2) is 0 Å². The van der Waals surface area contributed by atoms with E-state index in [0.29, 0.717) is 12.3 Å². The van der Waals surface area contributed by atoms with Crippen molar-refractivity contribution in [2.45, 2.75) is 30.9 Å². The number of halogens is 2. The van der Waals surface area contributed by atoms with Crippen molar-refractivity contribution in [3.05, 3.63) is 52.8 Å². The first-order valence-electron chi connectivity index (χ1n) is 8.47. The van der Waals surface area contributed by atoms with E-state index >= 15 is 0 Å². The average molecular weight is 562 g/mol. The van der Waals surface area contributed by atoms with Gasteiger partial charge in [-0.3, -0.25) is 2.78 Å². The van der Waals surface area contributed by atoms with Crippen LogP contribution < -0.4 is 4.74 Å². The minimum absolute atomic E-state index is 0.201. The molecule has 142 valence electrons. The van der Waals surface area contributed by atoms with Gasteiger partial charge in [0.1, 0.15) is 23.1 Å². The van der Waals surface area contributed by atoms with Crippen molar-refractivity contribution < 1.29 is 13.2 Å². The lowest BCUT2D eigenvalue weighted by atomic mass is 10.1. The maximum atomic E-state index is 13.3. The Kier molecular flexibility index (Phi) is 5.21. The first kappa shape index (κ1) is 19.2. The van der Waals surface area contributed by atoms with Crippen molar-refractivity contribution >= 4 is 59.9 Å². The number of hydrogen-bond acceptors (Lipinski definition) is 4. The highest BCUT2D eigenvalue weighted by Crippen LogP contribution is 2.34. The molecule has 1 aliphatic heterocycles. The van der Waals surface area contributed by atoms with Crippen molar-refractivity contribution in [2.24, 2.45) is 0 Å². The number of rotatable bonds is 3. The Hall–Kier alpha value is -1.17. The zero-order valence-corrected chi connectivity index (χ0v) is 19.0. The summed E-state index contributed by atoms with van der Waals surface area (Å²) in [6.07, 6.45) is 2.25. The van der Waals surface area contributed by atoms with Crippen LogP contribution in [0.3, 0.4) is 0 Å². The predicted octanol–water partition coefficient (Wildman–Crippen LogP) is 4.36. The van der Waals surface area contributed by atoms with Crippen LogP contribution in [-0.2, 0) is 16.6 Å². The summed E-state index contributed by atoms with van der Waals surface area (Å²) in [7, 11) is -3.68. The summed E-state index contributed by atoms with van der Waals surface area (Å²) in [4.78, 5) is 4.68. The molecule has 0 saturated carbocycles. The molecule has 0 N–H and O–H groups in total. The number of fused-ring (bicyclic) bond motifs is 2. The number of sulfonamides is 1. The second kappa shape index (κ2) is 7.34. The molecule has 0 radical (unpaired) electrons. The van der Waals surface area contributed by atoms with Crippen LogP contribution in [0, 0.1) is 0 Å². The molecule has 1 aliphatic rings. The second-order valence-electron chi connectivity index (χ2n) is 6.38. The molecular weight excluding hydrogens is 545 g/mol. The molecule has 0 spiro atoms. The third-order valence-corrected chi connectivity index (χ3v) is 7.70. The van der Waals surface area contributed by atoms with Gasteiger partial charge in [-0.1, -0.05) is 35.0 Å². The van der Waals surface area contributed by atoms with Crippen molar-refractivity contribution in [1.82, 2.24) is 12.1 Å². The molecule has 1 aromatic heterocycles. The fourth-order valence-corrected chi connectivity index (χ4v) is 5.79. The van der Waals surface area contributed by atoms with Crippen molar-refractivity contribution in [1.29, 1.82) is 0 Å². The summed E-state index contributed by atoms with van der Waals surface area (Å²) in [6.45, 7) is 2.53. The number of ether oxygens (including phenoxy) is 1. The van der Waals surface area contributed by atoms with Gasteiger partial charge in [0.25, 0.3) is 0 Å². The number of imidazole rings is 1. The molecule has 9 heteroatoms. The number of benzene rings is 2. The molecule has 4 rings (SSSR count). The van der Waals surface area contributed by atoms with Gasteiger partial charge in [-0.2, -0.15) is 4.31 Å². The van der Waals surface area contributed by atoms with Gasteiger partial charge in [-0.05, 0) is 36.2 Å². The van der Waals surface area contributed by atoms with Gasteiger partial charge in [0.2, 0.25) is 10.0 Å². The summed E-state index contributed by atoms with van der Waals surface area (Å²) < 4.78 is 36.9. The molecule has 1 atom stereocenters. The van der Waals surface area contributed by atoms with Gasteiger partial charge in [0.05, 0.1) is 40.4 Å². The first-order chi connectivity index (χ1) is 12.9. The lowest BCUT2D eigenvalue weighted by molar-refractivity contribution is 0.168. The summed E-state index contributed by atoms with van der Waals surface area (Å²) >= 11 is 5.69. The number of hydrogen-bond donors (Lipinski definition) is 0. The van der Waals surface area contributed by atoms with E-state index in [1.54, 1.807) is 30.6 Å². The van der Waals surface area contributed by atoms with Crippen LogP contribution in [0.5, 0.6) is 5.75 Å². The third-order valence-electron chi connectivity index (χ3n) is 4.62. The maximum Gasteiger partial charge on any atom is 0.247 e. The fraction of sp³-hybridized carbons (Fsp3) is 0.278. The van der Waals surface area contributed by atoms with Crippen LogP contribution in [0.4, 0.5) is 0 Å². The quantitative estimate of drug-likeness (QED) is 0.446. The minimum Gasteiger partial charge on any atom is -0.488 e. The van der Waals surface area contributed by atoms with Crippen LogP contribution in [-0.4, -0.2) is 33.1 Å². The van der Waals surface area contributed by atoms with Gasteiger partial charge < -0.3 is 4.74 Å². The van der Waals surface area contributed by atoms with Crippen LogP contribution in [0.1, 0.15) is 18.9 Å². The molecule has 3 aromatic rings. The average Bonchev–Trinajstić information content (AvgIpc) is 2.96. The molecule has 0 bridgehead atoms. The van der Waals surface area contributed by atoms with E-state index in [1.165, 1.54) is 4.31 Å². The SMILES string of the molecule is CC[C@@H]1CN(Cc2cc(Br)cc3c2ncn3I)S(=O)(=O)c2ccccc2O1. The Morgan fingerprint density at radius 2 is 2.11 bits per heavy atom. The van der Waals surface area contributed by atoms with E-state index in [0.717, 1.165) is 27.5 Å². The van der Waals surface area contributed by atoms with Gasteiger partial charge in [0, 0.05) is 11.0 Å². The minimum atomic E-state index is -3.68. The standard InChI is InChI=1S/C18H17BrIN3O3S/c1-2-14-10-22(27(24,25)17-6-4-3-5-16(17)26-14)9-12-7-13(19)8-15-18(12)21-11-23(15)20/h3-8,11,14H,2,9-10H2,1H3/t14-/m1/s1. The smallest absolute Gasteiger partial charge is 0.247 e. The zero-order valence-electron chi connectivity index (χ0n) is 14.5. The second-order valence-corrected chi connectivity index (χ2v) is 10.2. The van der Waals surface area contributed by atoms with Crippen LogP contribution in [0.2, 0.25) is 0 Å². The molecule has 0 fully saturated rings. The van der Waals surface area contributed by atoms with E-state index in [1.807, 2.05) is 21.8 Å². The Morgan fingerprint density at radius 1 is 1.33 bits per heavy atom. The monoisotopic (exact) mass is 561 g/mol. The third kappa shape index (κ3) is 3.50. The van der Waals surface area contributed by atoms with Crippen molar-refractivity contribution in [2.75, 3.05) is 6.54 Å². The Labute approximate surface area is 180 Å². The Balaban J connectivity index is 1.81. The topological polar surface area (TPSA) is 64.4 Å². The lowest BCUT2D eigenvalue weighted by Crippen LogP contribution is -2.36. The highest BCUT2D eigenvalue weighted by Gasteiger charge is 2.34. The highest BCUT2D eigenvalue weighted by atomic mass is 127. The van der Waals surface area contributed by atoms with Crippen molar-refractivity contribution in [3.63, 3.8) is 0 Å². The molecule has 2 aromatic carbocycles. The molecule has 0 aliphatic carbocycles. The van der Waals surface area contributed by atoms with Crippen LogP contribution in [0.15, 0.2) is 52.1 Å². The number of nitrogens with zero attached hydrogens (tertiary/aromatic N) is 3. The Morgan fingerprint density at radius 3 is 2.89 bits per heavy atom. The van der Waals surface area contributed by atoms with E-state index in [4.69, 9.17) is 4.74 Å². The molecule has 0 saturated heterocycles. The van der Waals surface area contributed by atoms with Crippen molar-refractivity contribution in [3.8, 4) is 5.75 Å². The molecule has 6 nitrogen and oxygen atoms in total. The normalized spacial score (nSPS) is 19.4. The number of aromatic nitrogens is 2. The highest BCUT2D eigenvalue weighted by molar-refractivity contribution is 14.1. The van der Waals surface area contributed by atoms with Gasteiger partial charge >= 0.3 is 0 Å². The van der Waals surface area contributed by atoms with Crippen LogP contribution in [0.25, 0.3) is 11.0 Å².